The Kier molecular flexibility index (Phi) is 5.18. The maximum Gasteiger partial charge on any atom is 0.220 e. The standard InChI is InChI=1S/C16H20N2OS/c1-12(10-15-6-3-9-20-15)18-16(19)8-7-13-4-2-5-14(17)11-13/h2-6,9,11-12H,7-8,10,17H2,1H3,(H,18,19). The summed E-state index contributed by atoms with van der Waals surface area (Å²) in [6, 6.07) is 12.0. The number of thiophene rings is 1. The zero-order valence-electron chi connectivity index (χ0n) is 11.6. The van der Waals surface area contributed by atoms with E-state index in [9.17, 15) is 4.79 Å². The summed E-state index contributed by atoms with van der Waals surface area (Å²) in [4.78, 5) is 13.2. The summed E-state index contributed by atoms with van der Waals surface area (Å²) in [5.41, 5.74) is 7.57. The fraction of sp³-hybridized carbons (Fsp3) is 0.312. The predicted octanol–water partition coefficient (Wildman–Crippen LogP) is 3.01. The summed E-state index contributed by atoms with van der Waals surface area (Å²) in [6.07, 6.45) is 2.11. The summed E-state index contributed by atoms with van der Waals surface area (Å²) in [7, 11) is 0. The molecule has 0 radical (unpaired) electrons. The van der Waals surface area contributed by atoms with Gasteiger partial charge in [-0.15, -0.1) is 11.3 Å². The van der Waals surface area contributed by atoms with Crippen molar-refractivity contribution in [3.8, 4) is 0 Å². The number of carbonyl (C=O) groups excluding carboxylic acids is 1. The van der Waals surface area contributed by atoms with Gasteiger partial charge in [0, 0.05) is 29.4 Å². The fourth-order valence-corrected chi connectivity index (χ4v) is 2.97. The molecule has 3 nitrogen and oxygen atoms in total. The Morgan fingerprint density at radius 2 is 2.20 bits per heavy atom. The molecule has 0 spiro atoms. The molecule has 0 aliphatic rings. The molecule has 0 aliphatic heterocycles. The molecule has 0 saturated carbocycles. The first kappa shape index (κ1) is 14.6. The fourth-order valence-electron chi connectivity index (χ4n) is 2.14. The Morgan fingerprint density at radius 1 is 1.35 bits per heavy atom. The van der Waals surface area contributed by atoms with Crippen molar-refractivity contribution in [2.24, 2.45) is 0 Å². The Hall–Kier alpha value is -1.81. The van der Waals surface area contributed by atoms with Crippen molar-refractivity contribution in [2.45, 2.75) is 32.2 Å². The number of aryl methyl sites for hydroxylation is 1. The van der Waals surface area contributed by atoms with Crippen LogP contribution in [-0.4, -0.2) is 11.9 Å². The van der Waals surface area contributed by atoms with E-state index in [1.54, 1.807) is 11.3 Å². The maximum absolute atomic E-state index is 11.9. The van der Waals surface area contributed by atoms with Gasteiger partial charge < -0.3 is 11.1 Å². The normalized spacial score (nSPS) is 12.1. The summed E-state index contributed by atoms with van der Waals surface area (Å²) in [5.74, 6) is 0.0940. The monoisotopic (exact) mass is 288 g/mol. The minimum absolute atomic E-state index is 0.0940. The molecule has 1 amide bonds. The van der Waals surface area contributed by atoms with Crippen molar-refractivity contribution >= 4 is 22.9 Å². The number of carbonyl (C=O) groups is 1. The van der Waals surface area contributed by atoms with Gasteiger partial charge in [-0.3, -0.25) is 4.79 Å². The molecule has 2 aromatic rings. The van der Waals surface area contributed by atoms with Crippen molar-refractivity contribution in [2.75, 3.05) is 5.73 Å². The summed E-state index contributed by atoms with van der Waals surface area (Å²) < 4.78 is 0. The van der Waals surface area contributed by atoms with Gasteiger partial charge >= 0.3 is 0 Å². The third-order valence-corrected chi connectivity index (χ3v) is 3.99. The molecule has 0 bridgehead atoms. The van der Waals surface area contributed by atoms with Gasteiger partial charge in [-0.25, -0.2) is 0 Å². The van der Waals surface area contributed by atoms with E-state index in [-0.39, 0.29) is 11.9 Å². The molecule has 4 heteroatoms. The lowest BCUT2D eigenvalue weighted by Crippen LogP contribution is -2.34. The van der Waals surface area contributed by atoms with E-state index in [0.717, 1.165) is 24.1 Å². The van der Waals surface area contributed by atoms with Crippen LogP contribution in [0.15, 0.2) is 41.8 Å². The molecule has 20 heavy (non-hydrogen) atoms. The number of hydrogen-bond donors (Lipinski definition) is 2. The lowest BCUT2D eigenvalue weighted by Gasteiger charge is -2.13. The first-order chi connectivity index (χ1) is 9.63. The highest BCUT2D eigenvalue weighted by Gasteiger charge is 2.09. The highest BCUT2D eigenvalue weighted by Crippen LogP contribution is 2.11. The average Bonchev–Trinajstić information content (AvgIpc) is 2.89. The van der Waals surface area contributed by atoms with Crippen molar-refractivity contribution in [1.82, 2.24) is 5.32 Å². The van der Waals surface area contributed by atoms with Crippen LogP contribution in [-0.2, 0) is 17.6 Å². The van der Waals surface area contributed by atoms with Crippen molar-refractivity contribution in [3.05, 3.63) is 52.2 Å². The van der Waals surface area contributed by atoms with Gasteiger partial charge in [-0.2, -0.15) is 0 Å². The lowest BCUT2D eigenvalue weighted by molar-refractivity contribution is -0.121. The van der Waals surface area contributed by atoms with Gasteiger partial charge in [0.1, 0.15) is 0 Å². The molecule has 1 aromatic carbocycles. The van der Waals surface area contributed by atoms with Gasteiger partial charge in [0.25, 0.3) is 0 Å². The van der Waals surface area contributed by atoms with Gasteiger partial charge in [0.15, 0.2) is 0 Å². The number of nitrogen functional groups attached to an aromatic ring is 1. The zero-order valence-corrected chi connectivity index (χ0v) is 12.5. The Labute approximate surface area is 123 Å². The molecular weight excluding hydrogens is 268 g/mol. The molecule has 2 rings (SSSR count). The van der Waals surface area contributed by atoms with E-state index in [4.69, 9.17) is 5.73 Å². The van der Waals surface area contributed by atoms with Gasteiger partial charge in [-0.1, -0.05) is 18.2 Å². The maximum atomic E-state index is 11.9. The van der Waals surface area contributed by atoms with Crippen LogP contribution in [0.5, 0.6) is 0 Å². The topological polar surface area (TPSA) is 55.1 Å². The SMILES string of the molecule is CC(Cc1cccs1)NC(=O)CCc1cccc(N)c1. The minimum atomic E-state index is 0.0940. The summed E-state index contributed by atoms with van der Waals surface area (Å²) in [6.45, 7) is 2.04. The Bertz CT molecular complexity index is 551. The zero-order chi connectivity index (χ0) is 14.4. The van der Waals surface area contributed by atoms with Crippen LogP contribution in [0.25, 0.3) is 0 Å². The molecule has 1 aromatic heterocycles. The van der Waals surface area contributed by atoms with E-state index in [0.29, 0.717) is 6.42 Å². The second-order valence-corrected chi connectivity index (χ2v) is 6.03. The van der Waals surface area contributed by atoms with E-state index in [1.165, 1.54) is 4.88 Å². The number of nitrogens with one attached hydrogen (secondary N) is 1. The molecule has 1 unspecified atom stereocenters. The number of anilines is 1. The molecule has 0 fully saturated rings. The van der Waals surface area contributed by atoms with Gasteiger partial charge in [0.2, 0.25) is 5.91 Å². The first-order valence-corrected chi connectivity index (χ1v) is 7.67. The number of rotatable bonds is 6. The van der Waals surface area contributed by atoms with Crippen LogP contribution in [0.4, 0.5) is 5.69 Å². The second-order valence-electron chi connectivity index (χ2n) is 5.00. The molecule has 0 aliphatic carbocycles. The largest absolute Gasteiger partial charge is 0.399 e. The number of amides is 1. The van der Waals surface area contributed by atoms with Crippen LogP contribution in [0, 0.1) is 0 Å². The van der Waals surface area contributed by atoms with E-state index >= 15 is 0 Å². The second kappa shape index (κ2) is 7.10. The van der Waals surface area contributed by atoms with Crippen LogP contribution in [0.3, 0.4) is 0 Å². The van der Waals surface area contributed by atoms with Crippen LogP contribution in [0.2, 0.25) is 0 Å². The quantitative estimate of drug-likeness (QED) is 0.803. The summed E-state index contributed by atoms with van der Waals surface area (Å²) in [5, 5.41) is 5.10. The van der Waals surface area contributed by atoms with E-state index < -0.39 is 0 Å². The third-order valence-electron chi connectivity index (χ3n) is 3.09. The van der Waals surface area contributed by atoms with Crippen molar-refractivity contribution < 1.29 is 4.79 Å². The van der Waals surface area contributed by atoms with Crippen molar-refractivity contribution in [3.63, 3.8) is 0 Å². The van der Waals surface area contributed by atoms with E-state index in [2.05, 4.69) is 16.8 Å². The smallest absolute Gasteiger partial charge is 0.220 e. The summed E-state index contributed by atoms with van der Waals surface area (Å²) >= 11 is 1.72. The number of benzene rings is 1. The molecule has 1 heterocycles. The molecule has 0 saturated heterocycles. The van der Waals surface area contributed by atoms with Gasteiger partial charge in [-0.05, 0) is 42.5 Å². The number of nitrogens with two attached hydrogens (primary N) is 1. The highest BCUT2D eigenvalue weighted by atomic mass is 32.1. The molecule has 106 valence electrons. The van der Waals surface area contributed by atoms with Gasteiger partial charge in [0.05, 0.1) is 0 Å². The Morgan fingerprint density at radius 3 is 2.90 bits per heavy atom. The number of hydrogen-bond acceptors (Lipinski definition) is 3. The Balaban J connectivity index is 1.75. The van der Waals surface area contributed by atoms with Crippen LogP contribution < -0.4 is 11.1 Å². The highest BCUT2D eigenvalue weighted by molar-refractivity contribution is 7.09. The van der Waals surface area contributed by atoms with Crippen LogP contribution >= 0.6 is 11.3 Å². The first-order valence-electron chi connectivity index (χ1n) is 6.79. The minimum Gasteiger partial charge on any atom is -0.399 e. The molecule has 1 atom stereocenters. The van der Waals surface area contributed by atoms with E-state index in [1.807, 2.05) is 37.3 Å². The third kappa shape index (κ3) is 4.70. The predicted molar refractivity (Wildman–Crippen MR) is 84.8 cm³/mol. The average molecular weight is 288 g/mol. The molecule has 3 N–H and O–H groups in total. The van der Waals surface area contributed by atoms with Crippen LogP contribution in [0.1, 0.15) is 23.8 Å². The molecular formula is C16H20N2OS. The lowest BCUT2D eigenvalue weighted by atomic mass is 10.1. The van der Waals surface area contributed by atoms with Crippen molar-refractivity contribution in [1.29, 1.82) is 0 Å².